The molecule has 0 aliphatic carbocycles. The van der Waals surface area contributed by atoms with E-state index in [4.69, 9.17) is 27.2 Å². The fourth-order valence-electron chi connectivity index (χ4n) is 2.88. The van der Waals surface area contributed by atoms with Crippen molar-refractivity contribution in [3.63, 3.8) is 0 Å². The SMILES string of the molecule is Cc1c(C#N)c(N)nc(NCCCOCCCCO)c1N=Nc1c(Cl)cc([N+](=O)[O-])cc1C#N. The van der Waals surface area contributed by atoms with E-state index in [0.717, 1.165) is 18.6 Å². The minimum Gasteiger partial charge on any atom is -0.396 e. The normalized spacial score (nSPS) is 10.7. The molecule has 2 rings (SSSR count). The van der Waals surface area contributed by atoms with Gasteiger partial charge in [0, 0.05) is 44.1 Å². The average Bonchev–Trinajstić information content (AvgIpc) is 2.80. The highest BCUT2D eigenvalue weighted by molar-refractivity contribution is 6.33. The number of halogens is 1. The second-order valence-corrected chi connectivity index (χ2v) is 7.43. The molecule has 1 heterocycles. The molecule has 0 fully saturated rings. The molecule has 0 spiro atoms. The highest BCUT2D eigenvalue weighted by atomic mass is 35.5. The van der Waals surface area contributed by atoms with Gasteiger partial charge in [0.1, 0.15) is 29.3 Å². The molecule has 178 valence electrons. The Morgan fingerprint density at radius 2 is 1.94 bits per heavy atom. The van der Waals surface area contributed by atoms with Crippen LogP contribution in [-0.4, -0.2) is 41.4 Å². The molecule has 0 unspecified atom stereocenters. The summed E-state index contributed by atoms with van der Waals surface area (Å²) in [7, 11) is 0. The summed E-state index contributed by atoms with van der Waals surface area (Å²) in [5.41, 5.74) is 6.14. The first-order valence-electron chi connectivity index (χ1n) is 10.3. The van der Waals surface area contributed by atoms with Crippen molar-refractivity contribution in [2.24, 2.45) is 10.2 Å². The van der Waals surface area contributed by atoms with Crippen molar-refractivity contribution in [3.05, 3.63) is 44.0 Å². The van der Waals surface area contributed by atoms with Crippen LogP contribution >= 0.6 is 11.6 Å². The van der Waals surface area contributed by atoms with Gasteiger partial charge in [0.15, 0.2) is 5.82 Å². The van der Waals surface area contributed by atoms with Crippen LogP contribution in [0.15, 0.2) is 22.4 Å². The lowest BCUT2D eigenvalue weighted by molar-refractivity contribution is -0.384. The Labute approximate surface area is 200 Å². The van der Waals surface area contributed by atoms with Crippen molar-refractivity contribution in [2.75, 3.05) is 37.4 Å². The number of nitrogens with one attached hydrogen (secondary N) is 1. The van der Waals surface area contributed by atoms with Crippen LogP contribution in [-0.2, 0) is 4.74 Å². The molecule has 34 heavy (non-hydrogen) atoms. The molecule has 2 aromatic rings. The monoisotopic (exact) mass is 486 g/mol. The lowest BCUT2D eigenvalue weighted by Gasteiger charge is -2.13. The molecule has 0 saturated carbocycles. The number of anilines is 2. The molecule has 1 aromatic heterocycles. The standard InChI is InChI=1S/C21H23ClN8O4/c1-13-16(12-24)20(25)27-21(26-5-4-8-34-7-3-2-6-31)18(13)28-29-19-14(11-23)9-15(30(32)33)10-17(19)22/h9-10,31H,2-8H2,1H3,(H3,25,26,27). The average molecular weight is 487 g/mol. The molecule has 4 N–H and O–H groups in total. The highest BCUT2D eigenvalue weighted by Gasteiger charge is 2.18. The number of aliphatic hydroxyl groups excluding tert-OH is 1. The topological polar surface area (TPSA) is 196 Å². The zero-order valence-corrected chi connectivity index (χ0v) is 19.2. The van der Waals surface area contributed by atoms with E-state index in [-0.39, 0.29) is 51.5 Å². The van der Waals surface area contributed by atoms with Gasteiger partial charge in [0.2, 0.25) is 0 Å². The molecule has 0 saturated heterocycles. The van der Waals surface area contributed by atoms with Crippen LogP contribution in [0.2, 0.25) is 5.02 Å². The van der Waals surface area contributed by atoms with Crippen molar-refractivity contribution in [2.45, 2.75) is 26.2 Å². The van der Waals surface area contributed by atoms with E-state index in [2.05, 4.69) is 20.5 Å². The molecule has 0 radical (unpaired) electrons. The molecular formula is C21H23ClN8O4. The number of nitro groups is 1. The van der Waals surface area contributed by atoms with E-state index in [9.17, 15) is 20.6 Å². The van der Waals surface area contributed by atoms with Crippen LogP contribution in [0.25, 0.3) is 0 Å². The maximum absolute atomic E-state index is 11.0. The van der Waals surface area contributed by atoms with Crippen LogP contribution in [0.1, 0.15) is 36.0 Å². The van der Waals surface area contributed by atoms with Gasteiger partial charge in [-0.05, 0) is 26.2 Å². The number of hydrogen-bond acceptors (Lipinski definition) is 11. The first-order valence-corrected chi connectivity index (χ1v) is 10.6. The molecule has 0 amide bonds. The lowest BCUT2D eigenvalue weighted by atomic mass is 10.1. The summed E-state index contributed by atoms with van der Waals surface area (Å²) in [6, 6.07) is 5.92. The maximum Gasteiger partial charge on any atom is 0.272 e. The second kappa shape index (κ2) is 13.0. The Morgan fingerprint density at radius 3 is 2.59 bits per heavy atom. The van der Waals surface area contributed by atoms with Gasteiger partial charge < -0.3 is 20.9 Å². The van der Waals surface area contributed by atoms with Gasteiger partial charge >= 0.3 is 0 Å². The zero-order valence-electron chi connectivity index (χ0n) is 18.4. The van der Waals surface area contributed by atoms with Crippen molar-refractivity contribution in [3.8, 4) is 12.1 Å². The third-order valence-corrected chi connectivity index (χ3v) is 4.93. The molecule has 0 atom stereocenters. The van der Waals surface area contributed by atoms with Gasteiger partial charge in [-0.1, -0.05) is 11.6 Å². The predicted molar refractivity (Wildman–Crippen MR) is 125 cm³/mol. The summed E-state index contributed by atoms with van der Waals surface area (Å²) < 4.78 is 5.48. The summed E-state index contributed by atoms with van der Waals surface area (Å²) in [5.74, 6) is 0.294. The van der Waals surface area contributed by atoms with E-state index in [0.29, 0.717) is 38.2 Å². The van der Waals surface area contributed by atoms with Crippen molar-refractivity contribution >= 4 is 40.3 Å². The number of nitrogen functional groups attached to an aromatic ring is 1. The molecule has 0 bridgehead atoms. The summed E-state index contributed by atoms with van der Waals surface area (Å²) in [4.78, 5) is 14.6. The largest absolute Gasteiger partial charge is 0.396 e. The maximum atomic E-state index is 11.0. The Kier molecular flexibility index (Phi) is 10.1. The van der Waals surface area contributed by atoms with E-state index < -0.39 is 4.92 Å². The predicted octanol–water partition coefficient (Wildman–Crippen LogP) is 4.28. The minimum atomic E-state index is -0.667. The third kappa shape index (κ3) is 6.83. The number of pyridine rings is 1. The molecule has 0 aliphatic rings. The number of hydrogen-bond donors (Lipinski definition) is 3. The number of non-ortho nitro benzene ring substituents is 1. The van der Waals surface area contributed by atoms with Gasteiger partial charge in [-0.2, -0.15) is 10.5 Å². The number of azo groups is 1. The number of nitrogens with two attached hydrogens (primary N) is 1. The summed E-state index contributed by atoms with van der Waals surface area (Å²) in [5, 5.41) is 49.7. The molecule has 13 heteroatoms. The number of aromatic nitrogens is 1. The summed E-state index contributed by atoms with van der Waals surface area (Å²) in [6.07, 6.45) is 2.10. The Bertz CT molecular complexity index is 1160. The number of benzene rings is 1. The number of rotatable bonds is 12. The van der Waals surface area contributed by atoms with E-state index in [1.807, 2.05) is 12.1 Å². The number of aliphatic hydroxyl groups is 1. The zero-order chi connectivity index (χ0) is 25.1. The smallest absolute Gasteiger partial charge is 0.272 e. The molecule has 12 nitrogen and oxygen atoms in total. The first kappa shape index (κ1) is 26.4. The lowest BCUT2D eigenvalue weighted by Crippen LogP contribution is -2.10. The molecular weight excluding hydrogens is 464 g/mol. The van der Waals surface area contributed by atoms with Crippen LogP contribution < -0.4 is 11.1 Å². The van der Waals surface area contributed by atoms with Crippen LogP contribution in [0, 0.1) is 39.7 Å². The van der Waals surface area contributed by atoms with Gasteiger partial charge in [0.05, 0.1) is 21.1 Å². The fourth-order valence-corrected chi connectivity index (χ4v) is 3.13. The fraction of sp³-hybridized carbons (Fsp3) is 0.381. The van der Waals surface area contributed by atoms with Crippen LogP contribution in [0.4, 0.5) is 28.7 Å². The van der Waals surface area contributed by atoms with Crippen molar-refractivity contribution in [1.82, 2.24) is 4.98 Å². The number of unbranched alkanes of at least 4 members (excludes halogenated alkanes) is 1. The number of nitriles is 2. The Morgan fingerprint density at radius 1 is 1.24 bits per heavy atom. The van der Waals surface area contributed by atoms with Gasteiger partial charge in [-0.15, -0.1) is 10.2 Å². The number of nitrogens with zero attached hydrogens (tertiary/aromatic N) is 6. The van der Waals surface area contributed by atoms with Crippen molar-refractivity contribution in [1.29, 1.82) is 10.5 Å². The Hall–Kier alpha value is -3.84. The highest BCUT2D eigenvalue weighted by Crippen LogP contribution is 2.37. The summed E-state index contributed by atoms with van der Waals surface area (Å²) in [6.45, 7) is 3.27. The quantitative estimate of drug-likeness (QED) is 0.169. The minimum absolute atomic E-state index is 0.0211. The van der Waals surface area contributed by atoms with Crippen LogP contribution in [0.5, 0.6) is 0 Å². The molecule has 0 aliphatic heterocycles. The van der Waals surface area contributed by atoms with Gasteiger partial charge in [0.25, 0.3) is 5.69 Å². The Balaban J connectivity index is 2.29. The summed E-state index contributed by atoms with van der Waals surface area (Å²) >= 11 is 6.11. The second-order valence-electron chi connectivity index (χ2n) is 7.02. The first-order chi connectivity index (χ1) is 16.3. The van der Waals surface area contributed by atoms with E-state index in [1.165, 1.54) is 0 Å². The van der Waals surface area contributed by atoms with Crippen molar-refractivity contribution < 1.29 is 14.8 Å². The number of ether oxygens (including phenoxy) is 1. The van der Waals surface area contributed by atoms with E-state index in [1.54, 1.807) is 6.92 Å². The number of nitro benzene ring substituents is 1. The van der Waals surface area contributed by atoms with Gasteiger partial charge in [-0.25, -0.2) is 4.98 Å². The third-order valence-electron chi connectivity index (χ3n) is 4.64. The van der Waals surface area contributed by atoms with E-state index >= 15 is 0 Å². The van der Waals surface area contributed by atoms with Gasteiger partial charge in [-0.3, -0.25) is 10.1 Å². The van der Waals surface area contributed by atoms with Crippen LogP contribution in [0.3, 0.4) is 0 Å². The molecule has 1 aromatic carbocycles.